The van der Waals surface area contributed by atoms with Crippen molar-refractivity contribution in [3.8, 4) is 11.1 Å². The molecule has 0 saturated heterocycles. The predicted molar refractivity (Wildman–Crippen MR) is 79.7 cm³/mol. The first-order valence-electron chi connectivity index (χ1n) is 6.78. The van der Waals surface area contributed by atoms with E-state index >= 15 is 0 Å². The molecular formula is C16H18N2O2. The van der Waals surface area contributed by atoms with Gasteiger partial charge in [-0.1, -0.05) is 43.7 Å². The molecular weight excluding hydrogens is 252 g/mol. The summed E-state index contributed by atoms with van der Waals surface area (Å²) in [5, 5.41) is 2.84. The van der Waals surface area contributed by atoms with E-state index in [2.05, 4.69) is 17.2 Å². The van der Waals surface area contributed by atoms with Crippen LogP contribution in [0.3, 0.4) is 0 Å². The van der Waals surface area contributed by atoms with E-state index in [0.29, 0.717) is 17.7 Å². The van der Waals surface area contributed by atoms with Crippen LogP contribution in [-0.2, 0) is 0 Å². The molecule has 2 aromatic rings. The summed E-state index contributed by atoms with van der Waals surface area (Å²) in [6, 6.07) is 11.0. The molecule has 2 rings (SSSR count). The van der Waals surface area contributed by atoms with Crippen molar-refractivity contribution in [1.82, 2.24) is 10.3 Å². The number of pyridine rings is 1. The second-order valence-corrected chi connectivity index (χ2v) is 4.61. The van der Waals surface area contributed by atoms with Gasteiger partial charge in [0.2, 0.25) is 0 Å². The zero-order chi connectivity index (χ0) is 14.4. The average Bonchev–Trinajstić information content (AvgIpc) is 2.49. The molecule has 0 aliphatic heterocycles. The standard InChI is InChI=1S/C16H18N2O2/c1-2-3-9-17-15(19)13-10-14(16(20)18-11-13)12-7-5-4-6-8-12/h4-8,10-11H,2-3,9H2,1H3,(H,17,19)(H,18,20). The SMILES string of the molecule is CCCCNC(=O)c1c[nH]c(=O)c(-c2ccccc2)c1. The van der Waals surface area contributed by atoms with E-state index in [0.717, 1.165) is 18.4 Å². The van der Waals surface area contributed by atoms with Gasteiger partial charge < -0.3 is 10.3 Å². The van der Waals surface area contributed by atoms with Crippen molar-refractivity contribution < 1.29 is 4.79 Å². The summed E-state index contributed by atoms with van der Waals surface area (Å²) >= 11 is 0. The summed E-state index contributed by atoms with van der Waals surface area (Å²) in [4.78, 5) is 26.5. The minimum Gasteiger partial charge on any atom is -0.352 e. The second-order valence-electron chi connectivity index (χ2n) is 4.61. The van der Waals surface area contributed by atoms with Crippen molar-refractivity contribution >= 4 is 5.91 Å². The molecule has 0 aliphatic rings. The van der Waals surface area contributed by atoms with E-state index in [9.17, 15) is 9.59 Å². The third kappa shape index (κ3) is 3.35. The predicted octanol–water partition coefficient (Wildman–Crippen LogP) is 2.57. The number of aromatic nitrogens is 1. The molecule has 0 atom stereocenters. The molecule has 4 nitrogen and oxygen atoms in total. The molecule has 0 fully saturated rings. The number of unbranched alkanes of at least 4 members (excludes halogenated alkanes) is 1. The summed E-state index contributed by atoms with van der Waals surface area (Å²) in [5.74, 6) is -0.160. The summed E-state index contributed by atoms with van der Waals surface area (Å²) in [6.45, 7) is 2.72. The van der Waals surface area contributed by atoms with Crippen LogP contribution in [0.4, 0.5) is 0 Å². The fourth-order valence-electron chi connectivity index (χ4n) is 1.93. The Labute approximate surface area is 117 Å². The monoisotopic (exact) mass is 270 g/mol. The number of rotatable bonds is 5. The number of carbonyl (C=O) groups excluding carboxylic acids is 1. The van der Waals surface area contributed by atoms with Crippen LogP contribution in [-0.4, -0.2) is 17.4 Å². The van der Waals surface area contributed by atoms with Crippen LogP contribution in [0.15, 0.2) is 47.4 Å². The van der Waals surface area contributed by atoms with Crippen molar-refractivity contribution in [2.75, 3.05) is 6.54 Å². The smallest absolute Gasteiger partial charge is 0.255 e. The van der Waals surface area contributed by atoms with Gasteiger partial charge in [0.25, 0.3) is 11.5 Å². The number of hydrogen-bond acceptors (Lipinski definition) is 2. The third-order valence-corrected chi connectivity index (χ3v) is 3.07. The zero-order valence-corrected chi connectivity index (χ0v) is 11.5. The molecule has 0 aliphatic carbocycles. The molecule has 1 aromatic carbocycles. The highest BCUT2D eigenvalue weighted by molar-refractivity contribution is 5.95. The van der Waals surface area contributed by atoms with Gasteiger partial charge in [-0.25, -0.2) is 0 Å². The first kappa shape index (κ1) is 14.1. The topological polar surface area (TPSA) is 62.0 Å². The molecule has 1 amide bonds. The molecule has 1 heterocycles. The van der Waals surface area contributed by atoms with Crippen molar-refractivity contribution in [2.24, 2.45) is 0 Å². The number of hydrogen-bond donors (Lipinski definition) is 2. The molecule has 0 unspecified atom stereocenters. The Bertz CT molecular complexity index is 632. The van der Waals surface area contributed by atoms with Gasteiger partial charge in [0, 0.05) is 18.3 Å². The molecule has 0 radical (unpaired) electrons. The summed E-state index contributed by atoms with van der Waals surface area (Å²) in [6.07, 6.45) is 3.43. The highest BCUT2D eigenvalue weighted by Crippen LogP contribution is 2.15. The van der Waals surface area contributed by atoms with Crippen molar-refractivity contribution in [1.29, 1.82) is 0 Å². The molecule has 0 saturated carbocycles. The third-order valence-electron chi connectivity index (χ3n) is 3.07. The summed E-state index contributed by atoms with van der Waals surface area (Å²) in [7, 11) is 0. The lowest BCUT2D eigenvalue weighted by Crippen LogP contribution is -2.25. The zero-order valence-electron chi connectivity index (χ0n) is 11.5. The second kappa shape index (κ2) is 6.70. The number of carbonyl (C=O) groups is 1. The quantitative estimate of drug-likeness (QED) is 0.820. The molecule has 1 aromatic heterocycles. The van der Waals surface area contributed by atoms with Crippen LogP contribution in [0.5, 0.6) is 0 Å². The van der Waals surface area contributed by atoms with Crippen LogP contribution in [0.1, 0.15) is 30.1 Å². The lowest BCUT2D eigenvalue weighted by molar-refractivity contribution is 0.0953. The first-order valence-corrected chi connectivity index (χ1v) is 6.78. The fraction of sp³-hybridized carbons (Fsp3) is 0.250. The average molecular weight is 270 g/mol. The molecule has 0 spiro atoms. The van der Waals surface area contributed by atoms with Gasteiger partial charge in [-0.15, -0.1) is 0 Å². The maximum absolute atomic E-state index is 12.0. The molecule has 104 valence electrons. The van der Waals surface area contributed by atoms with Crippen LogP contribution >= 0.6 is 0 Å². The van der Waals surface area contributed by atoms with E-state index in [-0.39, 0.29) is 11.5 Å². The van der Waals surface area contributed by atoms with Gasteiger partial charge in [-0.2, -0.15) is 0 Å². The lowest BCUT2D eigenvalue weighted by Gasteiger charge is -2.06. The maximum Gasteiger partial charge on any atom is 0.255 e. The van der Waals surface area contributed by atoms with Gasteiger partial charge in [-0.05, 0) is 18.1 Å². The largest absolute Gasteiger partial charge is 0.352 e. The Morgan fingerprint density at radius 3 is 2.70 bits per heavy atom. The van der Waals surface area contributed by atoms with Gasteiger partial charge in [0.15, 0.2) is 0 Å². The minimum atomic E-state index is -0.193. The fourth-order valence-corrected chi connectivity index (χ4v) is 1.93. The van der Waals surface area contributed by atoms with Gasteiger partial charge in [-0.3, -0.25) is 9.59 Å². The van der Waals surface area contributed by atoms with Crippen LogP contribution < -0.4 is 10.9 Å². The van der Waals surface area contributed by atoms with E-state index in [1.165, 1.54) is 6.20 Å². The van der Waals surface area contributed by atoms with Crippen molar-refractivity contribution in [3.05, 3.63) is 58.5 Å². The number of aromatic amines is 1. The lowest BCUT2D eigenvalue weighted by atomic mass is 10.1. The van der Waals surface area contributed by atoms with E-state index < -0.39 is 0 Å². The maximum atomic E-state index is 12.0. The molecule has 0 bridgehead atoms. The minimum absolute atomic E-state index is 0.160. The van der Waals surface area contributed by atoms with Crippen LogP contribution in [0.25, 0.3) is 11.1 Å². The highest BCUT2D eigenvalue weighted by atomic mass is 16.1. The van der Waals surface area contributed by atoms with Crippen LogP contribution in [0, 0.1) is 0 Å². The molecule has 2 N–H and O–H groups in total. The van der Waals surface area contributed by atoms with Crippen molar-refractivity contribution in [2.45, 2.75) is 19.8 Å². The Morgan fingerprint density at radius 1 is 1.25 bits per heavy atom. The molecule has 20 heavy (non-hydrogen) atoms. The Hall–Kier alpha value is -2.36. The Kier molecular flexibility index (Phi) is 4.71. The number of amides is 1. The summed E-state index contributed by atoms with van der Waals surface area (Å²) in [5.41, 5.74) is 1.59. The first-order chi connectivity index (χ1) is 9.72. The molecule has 4 heteroatoms. The van der Waals surface area contributed by atoms with Crippen molar-refractivity contribution in [3.63, 3.8) is 0 Å². The van der Waals surface area contributed by atoms with Gasteiger partial charge in [0.1, 0.15) is 0 Å². The Morgan fingerprint density at radius 2 is 2.00 bits per heavy atom. The summed E-state index contributed by atoms with van der Waals surface area (Å²) < 4.78 is 0. The number of benzene rings is 1. The van der Waals surface area contributed by atoms with Gasteiger partial charge in [0.05, 0.1) is 5.56 Å². The van der Waals surface area contributed by atoms with E-state index in [4.69, 9.17) is 0 Å². The Balaban J connectivity index is 2.25. The van der Waals surface area contributed by atoms with Gasteiger partial charge >= 0.3 is 0 Å². The number of nitrogens with one attached hydrogen (secondary N) is 2. The normalized spacial score (nSPS) is 10.2. The highest BCUT2D eigenvalue weighted by Gasteiger charge is 2.09. The van der Waals surface area contributed by atoms with E-state index in [1.54, 1.807) is 6.07 Å². The van der Waals surface area contributed by atoms with Crippen LogP contribution in [0.2, 0.25) is 0 Å². The van der Waals surface area contributed by atoms with E-state index in [1.807, 2.05) is 30.3 Å². The number of H-pyrrole nitrogens is 1.